The van der Waals surface area contributed by atoms with Gasteiger partial charge in [0.2, 0.25) is 0 Å². The topological polar surface area (TPSA) is 21.7 Å². The average Bonchev–Trinajstić information content (AvgIpc) is 3.34. The van der Waals surface area contributed by atoms with Crippen LogP contribution in [0.15, 0.2) is 97.1 Å². The first-order valence-electron chi connectivity index (χ1n) is 26.5. The predicted octanol–water partition coefficient (Wildman–Crippen LogP) is 16.6. The van der Waals surface area contributed by atoms with Gasteiger partial charge >= 0.3 is 12.7 Å². The second-order valence-corrected chi connectivity index (χ2v) is 33.2. The highest BCUT2D eigenvalue weighted by molar-refractivity contribution is 7.85. The van der Waals surface area contributed by atoms with Crippen LogP contribution in [0, 0.1) is 0 Å². The lowest BCUT2D eigenvalue weighted by Crippen LogP contribution is -2.50. The minimum atomic E-state index is -5.03. The van der Waals surface area contributed by atoms with Crippen molar-refractivity contribution in [2.75, 3.05) is 0 Å². The van der Waals surface area contributed by atoms with Gasteiger partial charge in [0.15, 0.2) is 0 Å². The van der Waals surface area contributed by atoms with Crippen LogP contribution in [-0.4, -0.2) is 39.4 Å². The lowest BCUT2D eigenvalue weighted by atomic mass is 9.96. The molecule has 69 heavy (non-hydrogen) atoms. The van der Waals surface area contributed by atoms with Gasteiger partial charge in [0.05, 0.1) is 16.1 Å². The first kappa shape index (κ1) is 57.2. The molecular weight excluding hydrogens is 951 g/mol. The quantitative estimate of drug-likeness (QED) is 0.0307. The van der Waals surface area contributed by atoms with Crippen LogP contribution in [-0.2, 0) is 0 Å². The third kappa shape index (κ3) is 16.2. The molecule has 382 valence electrons. The van der Waals surface area contributed by atoms with E-state index in [4.69, 9.17) is 9.47 Å². The van der Waals surface area contributed by atoms with Crippen LogP contribution in [0.5, 0.6) is 11.5 Å². The Balaban J connectivity index is 1.97. The van der Waals surface area contributed by atoms with Crippen molar-refractivity contribution >= 4 is 63.9 Å². The zero-order valence-corrected chi connectivity index (χ0v) is 46.3. The molecule has 1 fully saturated rings. The maximum Gasteiger partial charge on any atom is 0.573 e. The molecule has 0 amide bonds. The van der Waals surface area contributed by atoms with Crippen LogP contribution < -0.4 is 41.1 Å². The highest BCUT2D eigenvalue weighted by Gasteiger charge is 2.44. The number of hydrogen-bond acceptors (Lipinski definition) is 3. The van der Waals surface area contributed by atoms with Crippen molar-refractivity contribution < 1.29 is 35.8 Å². The largest absolute Gasteiger partial charge is 0.573 e. The number of alkyl halides is 6. The summed E-state index contributed by atoms with van der Waals surface area (Å²) in [5.41, 5.74) is 0. The van der Waals surface area contributed by atoms with E-state index in [9.17, 15) is 26.3 Å². The van der Waals surface area contributed by atoms with Gasteiger partial charge in [-0.3, -0.25) is 0 Å². The molecule has 5 rings (SSSR count). The van der Waals surface area contributed by atoms with Crippen molar-refractivity contribution in [2.45, 2.75) is 206 Å². The smallest absolute Gasteiger partial charge is 0.405 e. The molecule has 0 N–H and O–H groups in total. The van der Waals surface area contributed by atoms with Crippen molar-refractivity contribution in [1.82, 2.24) is 4.44 Å². The van der Waals surface area contributed by atoms with Crippen LogP contribution in [0.1, 0.15) is 151 Å². The molecule has 13 heteroatoms. The number of para-hydroxylation sites is 2. The fourth-order valence-corrected chi connectivity index (χ4v) is 28.9. The molecule has 0 unspecified atom stereocenters. The van der Waals surface area contributed by atoms with Crippen molar-refractivity contribution in [3.63, 3.8) is 0 Å². The summed E-state index contributed by atoms with van der Waals surface area (Å²) in [6.07, 6.45) is 7.97. The minimum Gasteiger partial charge on any atom is -0.405 e. The summed E-state index contributed by atoms with van der Waals surface area (Å²) in [5, 5.41) is 5.56. The normalized spacial score (nSPS) is 14.3. The Labute approximate surface area is 416 Å². The molecule has 0 bridgehead atoms. The zero-order chi connectivity index (χ0) is 49.9. The van der Waals surface area contributed by atoms with Gasteiger partial charge in [-0.1, -0.05) is 257 Å². The first-order chi connectivity index (χ1) is 33.2. The number of nitrogens with zero attached hydrogens (tertiary/aromatic N) is 1. The molecule has 1 aliphatic carbocycles. The number of ether oxygens (including phenoxy) is 2. The molecule has 0 aromatic heterocycles. The summed E-state index contributed by atoms with van der Waals surface area (Å²) in [5.74, 6) is -0.794. The number of benzene rings is 4. The van der Waals surface area contributed by atoms with E-state index >= 15 is 0 Å². The second-order valence-electron chi connectivity index (χ2n) is 19.5. The molecule has 0 atom stereocenters. The van der Waals surface area contributed by atoms with Gasteiger partial charge in [0.25, 0.3) is 0 Å². The van der Waals surface area contributed by atoms with Crippen molar-refractivity contribution in [2.24, 2.45) is 0 Å². The molecule has 4 aromatic carbocycles. The number of rotatable bonds is 29. The van der Waals surface area contributed by atoms with Gasteiger partial charge in [-0.25, -0.2) is 4.44 Å². The van der Waals surface area contributed by atoms with Crippen molar-refractivity contribution in [3.8, 4) is 11.5 Å². The van der Waals surface area contributed by atoms with Gasteiger partial charge in [0.1, 0.15) is 11.5 Å². The predicted molar refractivity (Wildman–Crippen MR) is 289 cm³/mol. The van der Waals surface area contributed by atoms with E-state index < -0.39 is 56.5 Å². The monoisotopic (exact) mass is 1030 g/mol. The molecule has 0 heterocycles. The SMILES string of the molecule is CCCC[Si](CCCC)(CCCC)c1cccc(P(c2cccc([Si](CCCC)(CCCC)CCCC)c2)N(C2CCCCC2)P(c2ccccc2OC(F)(F)F)c2ccccc2OC(F)(F)F)c1. The van der Waals surface area contributed by atoms with Gasteiger partial charge < -0.3 is 9.47 Å². The minimum absolute atomic E-state index is 0.147. The van der Waals surface area contributed by atoms with E-state index in [1.54, 1.807) is 24.3 Å². The molecule has 0 radical (unpaired) electrons. The molecule has 0 spiro atoms. The van der Waals surface area contributed by atoms with Crippen LogP contribution in [0.25, 0.3) is 0 Å². The summed E-state index contributed by atoms with van der Waals surface area (Å²) < 4.78 is 99.8. The van der Waals surface area contributed by atoms with Gasteiger partial charge in [-0.05, 0) is 47.7 Å². The third-order valence-electron chi connectivity index (χ3n) is 14.4. The zero-order valence-electron chi connectivity index (χ0n) is 42.5. The van der Waals surface area contributed by atoms with Gasteiger partial charge in [-0.2, -0.15) is 0 Å². The van der Waals surface area contributed by atoms with E-state index in [0.717, 1.165) is 120 Å². The second kappa shape index (κ2) is 28.0. The van der Waals surface area contributed by atoms with E-state index in [-0.39, 0.29) is 16.7 Å². The first-order valence-corrected chi connectivity index (χ1v) is 34.3. The fraction of sp³-hybridized carbons (Fsp3) is 0.571. The molecule has 4 aromatic rings. The van der Waals surface area contributed by atoms with Crippen molar-refractivity contribution in [3.05, 3.63) is 97.1 Å². The molecule has 1 saturated carbocycles. The Hall–Kier alpha value is -2.69. The molecule has 0 saturated heterocycles. The lowest BCUT2D eigenvalue weighted by Gasteiger charge is -2.46. The average molecular weight is 1030 g/mol. The maximum absolute atomic E-state index is 14.6. The maximum atomic E-state index is 14.6. The van der Waals surface area contributed by atoms with Crippen LogP contribution >= 0.6 is 16.1 Å². The molecular formula is C56H81F6NO2P2Si2. The Morgan fingerprint density at radius 2 is 0.812 bits per heavy atom. The molecule has 1 aliphatic rings. The van der Waals surface area contributed by atoms with Crippen LogP contribution in [0.3, 0.4) is 0 Å². The fourth-order valence-electron chi connectivity index (χ4n) is 10.8. The van der Waals surface area contributed by atoms with Crippen LogP contribution in [0.4, 0.5) is 26.3 Å². The van der Waals surface area contributed by atoms with E-state index in [2.05, 4.69) is 94.5 Å². The van der Waals surface area contributed by atoms with Gasteiger partial charge in [-0.15, -0.1) is 26.3 Å². The Bertz CT molecular complexity index is 1940. The van der Waals surface area contributed by atoms with E-state index in [0.29, 0.717) is 0 Å². The van der Waals surface area contributed by atoms with Gasteiger partial charge in [0, 0.05) is 32.8 Å². The molecule has 0 aliphatic heterocycles. The summed E-state index contributed by atoms with van der Waals surface area (Å²) in [4.78, 5) is 0. The lowest BCUT2D eigenvalue weighted by molar-refractivity contribution is -0.275. The number of hydrogen-bond donors (Lipinski definition) is 0. The Morgan fingerprint density at radius 1 is 0.464 bits per heavy atom. The third-order valence-corrected chi connectivity index (χ3v) is 31.1. The summed E-state index contributed by atoms with van der Waals surface area (Å²) in [6, 6.07) is 38.0. The molecule has 3 nitrogen and oxygen atoms in total. The number of unbranched alkanes of at least 4 members (excludes halogenated alkanes) is 6. The standard InChI is InChI=1S/C56H81F6NO2P2Si2/c1-7-13-38-68(39-14-8-2,40-15-9-3)49-32-26-30-47(44-49)66(48-31-27-33-50(45-48)69(41-16-10-4,42-17-11-5)43-18-12-6)63(46-28-20-19-21-29-46)67(53-36-24-22-34-51(53)64-55(57,58)59)54-37-25-23-35-52(54)65-56(60,61)62/h22-27,30-37,44-46H,7-21,28-29,38-43H2,1-6H3. The number of halogens is 6. The summed E-state index contributed by atoms with van der Waals surface area (Å²) >= 11 is 0. The Morgan fingerprint density at radius 3 is 1.14 bits per heavy atom. The highest BCUT2D eigenvalue weighted by Crippen LogP contribution is 2.60. The summed E-state index contributed by atoms with van der Waals surface area (Å²) in [7, 11) is -7.92. The summed E-state index contributed by atoms with van der Waals surface area (Å²) in [6.45, 7) is 13.7. The van der Waals surface area contributed by atoms with E-state index in [1.807, 2.05) is 0 Å². The van der Waals surface area contributed by atoms with Crippen molar-refractivity contribution in [1.29, 1.82) is 0 Å². The highest BCUT2D eigenvalue weighted by atomic mass is 31.2. The Kier molecular flexibility index (Phi) is 23.2. The van der Waals surface area contributed by atoms with Crippen LogP contribution in [0.2, 0.25) is 36.3 Å². The van der Waals surface area contributed by atoms with E-state index in [1.165, 1.54) is 70.9 Å².